The smallest absolute Gasteiger partial charge is 0.261 e. The van der Waals surface area contributed by atoms with Gasteiger partial charge in [-0.2, -0.15) is 0 Å². The van der Waals surface area contributed by atoms with Crippen molar-refractivity contribution in [3.63, 3.8) is 0 Å². The minimum absolute atomic E-state index is 0.123. The summed E-state index contributed by atoms with van der Waals surface area (Å²) in [5.41, 5.74) is 1.88. The quantitative estimate of drug-likeness (QED) is 0.237. The van der Waals surface area contributed by atoms with E-state index in [1.807, 2.05) is 97.1 Å². The first kappa shape index (κ1) is 28.2. The fraction of sp³-hybridized carbons (Fsp3) is 0.314. The molecule has 1 saturated carbocycles. The van der Waals surface area contributed by atoms with Crippen LogP contribution in [0.4, 0.5) is 0 Å². The van der Waals surface area contributed by atoms with Gasteiger partial charge < -0.3 is 19.7 Å². The summed E-state index contributed by atoms with van der Waals surface area (Å²) in [4.78, 5) is 29.7. The number of carbonyl (C=O) groups is 2. The molecule has 0 spiro atoms. The lowest BCUT2D eigenvalue weighted by molar-refractivity contribution is -0.143. The van der Waals surface area contributed by atoms with Crippen molar-refractivity contribution in [3.8, 4) is 11.5 Å². The molecule has 0 heterocycles. The molecule has 1 unspecified atom stereocenters. The fourth-order valence-corrected chi connectivity index (χ4v) is 5.61. The van der Waals surface area contributed by atoms with E-state index in [9.17, 15) is 9.59 Å². The summed E-state index contributed by atoms with van der Waals surface area (Å²) in [6, 6.07) is 30.7. The lowest BCUT2D eigenvalue weighted by Gasteiger charge is -2.33. The number of nitrogens with one attached hydrogen (secondary N) is 1. The molecule has 1 aliphatic carbocycles. The Bertz CT molecular complexity index is 1440. The van der Waals surface area contributed by atoms with E-state index in [0.29, 0.717) is 17.9 Å². The summed E-state index contributed by atoms with van der Waals surface area (Å²) in [5.74, 6) is 0.972. The highest BCUT2D eigenvalue weighted by Gasteiger charge is 2.32. The molecule has 4 aromatic carbocycles. The van der Waals surface area contributed by atoms with Crippen LogP contribution in [0.15, 0.2) is 97.1 Å². The molecule has 0 aliphatic heterocycles. The van der Waals surface area contributed by atoms with Crippen LogP contribution in [0.5, 0.6) is 11.5 Å². The molecule has 212 valence electrons. The number of methoxy groups -OCH3 is 1. The average Bonchev–Trinajstić information content (AvgIpc) is 3.02. The minimum atomic E-state index is -0.700. The van der Waals surface area contributed by atoms with E-state index in [-0.39, 0.29) is 31.0 Å². The maximum absolute atomic E-state index is 14.0. The second-order valence-corrected chi connectivity index (χ2v) is 10.7. The Morgan fingerprint density at radius 2 is 1.56 bits per heavy atom. The third kappa shape index (κ3) is 7.46. The highest BCUT2D eigenvalue weighted by molar-refractivity contribution is 5.90. The van der Waals surface area contributed by atoms with Crippen LogP contribution in [0.2, 0.25) is 0 Å². The second-order valence-electron chi connectivity index (χ2n) is 10.7. The number of ether oxygens (including phenoxy) is 2. The predicted octanol–water partition coefficient (Wildman–Crippen LogP) is 6.32. The molecule has 0 saturated heterocycles. The average molecular weight is 551 g/mol. The zero-order chi connectivity index (χ0) is 28.4. The monoisotopic (exact) mass is 550 g/mol. The van der Waals surface area contributed by atoms with E-state index in [1.54, 1.807) is 12.0 Å². The van der Waals surface area contributed by atoms with Gasteiger partial charge in [-0.15, -0.1) is 0 Å². The standard InChI is InChI=1S/C35H38N2O4/c1-40-30-19-10-14-27(22-30)24-37(34(38)25-41-33-21-11-16-28-15-8-9-20-31(28)33)32(23-26-12-4-2-5-13-26)35(39)36-29-17-6-3-7-18-29/h2,4-5,8-16,19-22,29,32H,3,6-7,17-18,23-25H2,1H3,(H,36,39). The first-order valence-electron chi connectivity index (χ1n) is 14.5. The third-order valence-corrected chi connectivity index (χ3v) is 7.81. The van der Waals surface area contributed by atoms with Crippen molar-refractivity contribution in [2.45, 2.75) is 57.2 Å². The number of nitrogens with zero attached hydrogens (tertiary/aromatic N) is 1. The maximum atomic E-state index is 14.0. The number of rotatable bonds is 11. The Hall–Kier alpha value is -4.32. The number of benzene rings is 4. The van der Waals surface area contributed by atoms with Gasteiger partial charge >= 0.3 is 0 Å². The first-order chi connectivity index (χ1) is 20.1. The molecule has 1 N–H and O–H groups in total. The van der Waals surface area contributed by atoms with Gasteiger partial charge in [-0.05, 0) is 47.6 Å². The zero-order valence-electron chi connectivity index (χ0n) is 23.6. The van der Waals surface area contributed by atoms with Crippen molar-refractivity contribution in [1.82, 2.24) is 10.2 Å². The van der Waals surface area contributed by atoms with Gasteiger partial charge in [0.25, 0.3) is 5.91 Å². The van der Waals surface area contributed by atoms with Gasteiger partial charge in [-0.1, -0.05) is 98.1 Å². The SMILES string of the molecule is COc1cccc(CN(C(=O)COc2cccc3ccccc23)C(Cc2ccccc2)C(=O)NC2CCCCC2)c1. The molecular weight excluding hydrogens is 512 g/mol. The van der Waals surface area contributed by atoms with Crippen LogP contribution >= 0.6 is 0 Å². The van der Waals surface area contributed by atoms with Gasteiger partial charge in [0.05, 0.1) is 7.11 Å². The van der Waals surface area contributed by atoms with E-state index in [0.717, 1.165) is 47.6 Å². The molecular formula is C35H38N2O4. The van der Waals surface area contributed by atoms with E-state index >= 15 is 0 Å². The molecule has 0 radical (unpaired) electrons. The van der Waals surface area contributed by atoms with E-state index in [4.69, 9.17) is 9.47 Å². The van der Waals surface area contributed by atoms with Crippen molar-refractivity contribution >= 4 is 22.6 Å². The van der Waals surface area contributed by atoms with Crippen molar-refractivity contribution in [2.24, 2.45) is 0 Å². The molecule has 6 heteroatoms. The van der Waals surface area contributed by atoms with E-state index < -0.39 is 6.04 Å². The van der Waals surface area contributed by atoms with Crippen LogP contribution in [0.3, 0.4) is 0 Å². The normalized spacial score (nSPS) is 14.3. The topological polar surface area (TPSA) is 67.9 Å². The fourth-order valence-electron chi connectivity index (χ4n) is 5.61. The van der Waals surface area contributed by atoms with Crippen molar-refractivity contribution in [1.29, 1.82) is 0 Å². The van der Waals surface area contributed by atoms with Gasteiger partial charge in [-0.25, -0.2) is 0 Å². The van der Waals surface area contributed by atoms with E-state index in [2.05, 4.69) is 5.32 Å². The zero-order valence-corrected chi connectivity index (χ0v) is 23.6. The summed E-state index contributed by atoms with van der Waals surface area (Å²) in [5, 5.41) is 5.27. The number of amides is 2. The molecule has 4 aromatic rings. The second kappa shape index (κ2) is 13.8. The lowest BCUT2D eigenvalue weighted by Crippen LogP contribution is -2.53. The molecule has 1 atom stereocenters. The Balaban J connectivity index is 1.44. The largest absolute Gasteiger partial charge is 0.497 e. The Morgan fingerprint density at radius 1 is 0.854 bits per heavy atom. The highest BCUT2D eigenvalue weighted by atomic mass is 16.5. The molecule has 1 aliphatic rings. The third-order valence-electron chi connectivity index (χ3n) is 7.81. The molecule has 6 nitrogen and oxygen atoms in total. The number of fused-ring (bicyclic) bond motifs is 1. The van der Waals surface area contributed by atoms with Gasteiger partial charge in [0.2, 0.25) is 5.91 Å². The van der Waals surface area contributed by atoms with Crippen LogP contribution < -0.4 is 14.8 Å². The lowest BCUT2D eigenvalue weighted by atomic mass is 9.94. The number of carbonyl (C=O) groups excluding carboxylic acids is 2. The van der Waals surface area contributed by atoms with Crippen LogP contribution in [-0.2, 0) is 22.6 Å². The summed E-state index contributed by atoms with van der Waals surface area (Å²) >= 11 is 0. The van der Waals surface area contributed by atoms with Crippen molar-refractivity contribution in [3.05, 3.63) is 108 Å². The van der Waals surface area contributed by atoms with Crippen LogP contribution in [0.1, 0.15) is 43.2 Å². The van der Waals surface area contributed by atoms with Gasteiger partial charge in [0.1, 0.15) is 17.5 Å². The maximum Gasteiger partial charge on any atom is 0.261 e. The summed E-state index contributed by atoms with van der Waals surface area (Å²) < 4.78 is 11.6. The van der Waals surface area contributed by atoms with Gasteiger partial charge in [-0.3, -0.25) is 9.59 Å². The van der Waals surface area contributed by atoms with Gasteiger partial charge in [0.15, 0.2) is 6.61 Å². The predicted molar refractivity (Wildman–Crippen MR) is 162 cm³/mol. The molecule has 1 fully saturated rings. The van der Waals surface area contributed by atoms with Crippen LogP contribution in [0, 0.1) is 0 Å². The molecule has 0 bridgehead atoms. The van der Waals surface area contributed by atoms with Crippen LogP contribution in [-0.4, -0.2) is 42.5 Å². The Labute approximate surface area is 242 Å². The molecule has 5 rings (SSSR count). The Morgan fingerprint density at radius 3 is 2.37 bits per heavy atom. The molecule has 41 heavy (non-hydrogen) atoms. The van der Waals surface area contributed by atoms with E-state index in [1.165, 1.54) is 6.42 Å². The minimum Gasteiger partial charge on any atom is -0.497 e. The molecule has 0 aromatic heterocycles. The van der Waals surface area contributed by atoms with Crippen molar-refractivity contribution in [2.75, 3.05) is 13.7 Å². The highest BCUT2D eigenvalue weighted by Crippen LogP contribution is 2.26. The summed E-state index contributed by atoms with van der Waals surface area (Å²) in [7, 11) is 1.62. The van der Waals surface area contributed by atoms with Crippen LogP contribution in [0.25, 0.3) is 10.8 Å². The summed E-state index contributed by atoms with van der Waals surface area (Å²) in [6.45, 7) is 0.0739. The summed E-state index contributed by atoms with van der Waals surface area (Å²) in [6.07, 6.45) is 5.77. The van der Waals surface area contributed by atoms with Gasteiger partial charge in [0, 0.05) is 24.4 Å². The van der Waals surface area contributed by atoms with Crippen molar-refractivity contribution < 1.29 is 19.1 Å². The first-order valence-corrected chi connectivity index (χ1v) is 14.5. The molecule has 2 amide bonds. The Kier molecular flexibility index (Phi) is 9.53. The number of hydrogen-bond acceptors (Lipinski definition) is 4. The number of hydrogen-bond donors (Lipinski definition) is 1.